The first-order chi connectivity index (χ1) is 4.68. The molecular formula is C5H8N2O3. The molecule has 1 aliphatic rings. The topological polar surface area (TPSA) is 81.4 Å². The van der Waals surface area contributed by atoms with E-state index in [1.807, 2.05) is 0 Å². The third-order valence-electron chi connectivity index (χ3n) is 1.33. The van der Waals surface area contributed by atoms with Gasteiger partial charge < -0.3 is 15.8 Å². The van der Waals surface area contributed by atoms with Crippen LogP contribution in [0, 0.1) is 0 Å². The quantitative estimate of drug-likeness (QED) is 0.406. The second-order valence-electron chi connectivity index (χ2n) is 2.20. The standard InChI is InChI=1S/C5H8N2O3/c6-4(9)7-5(1-2-5)10-3-8/h3H,1-2H2,(H3,6,7,9). The molecule has 1 aliphatic carbocycles. The third kappa shape index (κ3) is 1.37. The van der Waals surface area contributed by atoms with Crippen molar-refractivity contribution in [3.05, 3.63) is 0 Å². The van der Waals surface area contributed by atoms with E-state index in [9.17, 15) is 9.59 Å². The number of urea groups is 1. The summed E-state index contributed by atoms with van der Waals surface area (Å²) in [5, 5.41) is 2.32. The van der Waals surface area contributed by atoms with Crippen LogP contribution in [-0.2, 0) is 9.53 Å². The smallest absolute Gasteiger partial charge is 0.315 e. The third-order valence-corrected chi connectivity index (χ3v) is 1.33. The summed E-state index contributed by atoms with van der Waals surface area (Å²) in [6.07, 6.45) is 1.30. The second kappa shape index (κ2) is 2.17. The van der Waals surface area contributed by atoms with Gasteiger partial charge in [0.1, 0.15) is 0 Å². The predicted molar refractivity (Wildman–Crippen MR) is 31.8 cm³/mol. The Morgan fingerprint density at radius 2 is 2.30 bits per heavy atom. The average molecular weight is 144 g/mol. The summed E-state index contributed by atoms with van der Waals surface area (Å²) in [4.78, 5) is 20.1. The van der Waals surface area contributed by atoms with Crippen molar-refractivity contribution in [1.82, 2.24) is 5.32 Å². The van der Waals surface area contributed by atoms with Crippen molar-refractivity contribution in [1.29, 1.82) is 0 Å². The summed E-state index contributed by atoms with van der Waals surface area (Å²) in [6.45, 7) is 0.308. The number of amides is 2. The predicted octanol–water partition coefficient (Wildman–Crippen LogP) is -0.682. The summed E-state index contributed by atoms with van der Waals surface area (Å²) < 4.78 is 4.56. The van der Waals surface area contributed by atoms with Gasteiger partial charge in [-0.3, -0.25) is 4.79 Å². The zero-order valence-electron chi connectivity index (χ0n) is 5.29. The Morgan fingerprint density at radius 3 is 2.60 bits per heavy atom. The lowest BCUT2D eigenvalue weighted by atomic mass is 10.6. The van der Waals surface area contributed by atoms with E-state index in [1.165, 1.54) is 0 Å². The zero-order valence-corrected chi connectivity index (χ0v) is 5.29. The molecule has 0 bridgehead atoms. The van der Waals surface area contributed by atoms with E-state index in [-0.39, 0.29) is 0 Å². The fraction of sp³-hybridized carbons (Fsp3) is 0.600. The van der Waals surface area contributed by atoms with Gasteiger partial charge in [-0.15, -0.1) is 0 Å². The van der Waals surface area contributed by atoms with Gasteiger partial charge in [-0.05, 0) is 0 Å². The van der Waals surface area contributed by atoms with Crippen LogP contribution < -0.4 is 11.1 Å². The molecule has 0 aromatic rings. The fourth-order valence-electron chi connectivity index (χ4n) is 0.702. The molecule has 1 fully saturated rings. The van der Waals surface area contributed by atoms with Crippen LogP contribution in [0.25, 0.3) is 0 Å². The van der Waals surface area contributed by atoms with E-state index in [1.54, 1.807) is 0 Å². The maximum Gasteiger partial charge on any atom is 0.315 e. The van der Waals surface area contributed by atoms with Crippen molar-refractivity contribution in [3.8, 4) is 0 Å². The van der Waals surface area contributed by atoms with Crippen LogP contribution in [-0.4, -0.2) is 18.2 Å². The number of primary amides is 1. The van der Waals surface area contributed by atoms with Crippen molar-refractivity contribution in [2.24, 2.45) is 5.73 Å². The summed E-state index contributed by atoms with van der Waals surface area (Å²) >= 11 is 0. The van der Waals surface area contributed by atoms with Crippen molar-refractivity contribution in [2.75, 3.05) is 0 Å². The van der Waals surface area contributed by atoms with Gasteiger partial charge in [-0.2, -0.15) is 0 Å². The molecule has 0 aliphatic heterocycles. The molecule has 0 atom stereocenters. The maximum absolute atomic E-state index is 10.2. The lowest BCUT2D eigenvalue weighted by Gasteiger charge is -2.12. The SMILES string of the molecule is NC(=O)NC1(OC=O)CC1. The lowest BCUT2D eigenvalue weighted by Crippen LogP contribution is -2.42. The first-order valence-electron chi connectivity index (χ1n) is 2.88. The maximum atomic E-state index is 10.2. The van der Waals surface area contributed by atoms with Crippen molar-refractivity contribution < 1.29 is 14.3 Å². The molecule has 0 saturated heterocycles. The van der Waals surface area contributed by atoms with Crippen LogP contribution in [0.5, 0.6) is 0 Å². The highest BCUT2D eigenvalue weighted by molar-refractivity contribution is 5.73. The summed E-state index contributed by atoms with van der Waals surface area (Å²) in [5.74, 6) is 0. The first kappa shape index (κ1) is 6.85. The van der Waals surface area contributed by atoms with Gasteiger partial charge in [-0.25, -0.2) is 4.79 Å². The van der Waals surface area contributed by atoms with Crippen LogP contribution in [0.1, 0.15) is 12.8 Å². The molecule has 2 amide bonds. The Bertz CT molecular complexity index is 164. The first-order valence-corrected chi connectivity index (χ1v) is 2.88. The number of carbonyl (C=O) groups excluding carboxylic acids is 2. The molecule has 0 unspecified atom stereocenters. The minimum absolute atomic E-state index is 0.308. The molecule has 1 saturated carbocycles. The largest absolute Gasteiger partial charge is 0.441 e. The second-order valence-corrected chi connectivity index (χ2v) is 2.20. The Kier molecular flexibility index (Phi) is 1.48. The Balaban J connectivity index is 2.37. The summed E-state index contributed by atoms with van der Waals surface area (Å²) in [5.41, 5.74) is 4.03. The minimum Gasteiger partial charge on any atom is -0.441 e. The van der Waals surface area contributed by atoms with Crippen molar-refractivity contribution in [2.45, 2.75) is 18.6 Å². The summed E-state index contributed by atoms with van der Waals surface area (Å²) in [7, 11) is 0. The van der Waals surface area contributed by atoms with Gasteiger partial charge in [0.2, 0.25) is 0 Å². The highest BCUT2D eigenvalue weighted by atomic mass is 16.6. The van der Waals surface area contributed by atoms with Crippen LogP contribution >= 0.6 is 0 Å². The molecule has 5 heteroatoms. The molecule has 0 heterocycles. The minimum atomic E-state index is -0.770. The number of nitrogens with two attached hydrogens (primary N) is 1. The number of carbonyl (C=O) groups is 2. The van der Waals surface area contributed by atoms with E-state index in [0.29, 0.717) is 19.3 Å². The lowest BCUT2D eigenvalue weighted by molar-refractivity contribution is -0.136. The van der Waals surface area contributed by atoms with Gasteiger partial charge in [0, 0.05) is 12.8 Å². The van der Waals surface area contributed by atoms with Gasteiger partial charge in [0.15, 0.2) is 5.72 Å². The number of rotatable bonds is 3. The Hall–Kier alpha value is -1.26. The molecular weight excluding hydrogens is 136 g/mol. The van der Waals surface area contributed by atoms with E-state index >= 15 is 0 Å². The highest BCUT2D eigenvalue weighted by Gasteiger charge is 2.46. The van der Waals surface area contributed by atoms with Gasteiger partial charge in [-0.1, -0.05) is 0 Å². The number of hydrogen-bond donors (Lipinski definition) is 2. The van der Waals surface area contributed by atoms with Crippen LogP contribution in [0.4, 0.5) is 4.79 Å². The fourth-order valence-corrected chi connectivity index (χ4v) is 0.702. The zero-order chi connectivity index (χ0) is 7.61. The molecule has 5 nitrogen and oxygen atoms in total. The molecule has 10 heavy (non-hydrogen) atoms. The molecule has 56 valence electrons. The molecule has 3 N–H and O–H groups in total. The Morgan fingerprint density at radius 1 is 1.70 bits per heavy atom. The van der Waals surface area contributed by atoms with Crippen LogP contribution in [0.2, 0.25) is 0 Å². The van der Waals surface area contributed by atoms with Gasteiger partial charge >= 0.3 is 6.03 Å². The molecule has 0 aromatic carbocycles. The van der Waals surface area contributed by atoms with Gasteiger partial charge in [0.05, 0.1) is 0 Å². The van der Waals surface area contributed by atoms with E-state index in [4.69, 9.17) is 5.73 Å². The number of nitrogens with one attached hydrogen (secondary N) is 1. The molecule has 0 spiro atoms. The Labute approximate surface area is 57.5 Å². The monoisotopic (exact) mass is 144 g/mol. The molecule has 0 radical (unpaired) electrons. The van der Waals surface area contributed by atoms with Gasteiger partial charge in [0.25, 0.3) is 6.47 Å². The normalized spacial score (nSPS) is 19.2. The van der Waals surface area contributed by atoms with E-state index in [0.717, 1.165) is 0 Å². The summed E-state index contributed by atoms with van der Waals surface area (Å²) in [6, 6.07) is -0.667. The average Bonchev–Trinajstić information content (AvgIpc) is 2.47. The highest BCUT2D eigenvalue weighted by Crippen LogP contribution is 2.35. The molecule has 1 rings (SSSR count). The van der Waals surface area contributed by atoms with Crippen molar-refractivity contribution >= 4 is 12.5 Å². The van der Waals surface area contributed by atoms with Crippen LogP contribution in [0.15, 0.2) is 0 Å². The molecule has 0 aromatic heterocycles. The van der Waals surface area contributed by atoms with E-state index in [2.05, 4.69) is 10.1 Å². The van der Waals surface area contributed by atoms with E-state index < -0.39 is 11.8 Å². The van der Waals surface area contributed by atoms with Crippen LogP contribution in [0.3, 0.4) is 0 Å². The number of ether oxygens (including phenoxy) is 1. The number of hydrogen-bond acceptors (Lipinski definition) is 3. The van der Waals surface area contributed by atoms with Crippen molar-refractivity contribution in [3.63, 3.8) is 0 Å².